The van der Waals surface area contributed by atoms with Gasteiger partial charge in [-0.3, -0.25) is 19.2 Å². The van der Waals surface area contributed by atoms with E-state index < -0.39 is 5.97 Å². The molecule has 2 atom stereocenters. The van der Waals surface area contributed by atoms with Crippen molar-refractivity contribution in [2.24, 2.45) is 29.6 Å². The quantitative estimate of drug-likeness (QED) is 0.0830. The lowest BCUT2D eigenvalue weighted by atomic mass is 9.76. The number of anilines is 2. The molecule has 20 nitrogen and oxygen atoms in total. The highest BCUT2D eigenvalue weighted by atomic mass is 32.1. The molecule has 94 heavy (non-hydrogen) atoms. The first-order valence-corrected chi connectivity index (χ1v) is 34.3. The molecular weight excluding hydrogens is 1270 g/mol. The number of carboxylic acid groups (broad SMARTS) is 1. The summed E-state index contributed by atoms with van der Waals surface area (Å²) < 4.78 is 56.5. The number of fused-ring (bicyclic) bond motifs is 3. The number of pyridine rings is 2. The van der Waals surface area contributed by atoms with Crippen LogP contribution in [0, 0.1) is 41.2 Å². The number of phenolic OH excluding ortho intramolecular Hbond substituents is 1. The molecule has 6 aliphatic rings. The van der Waals surface area contributed by atoms with Crippen molar-refractivity contribution >= 4 is 100 Å². The first-order valence-electron chi connectivity index (χ1n) is 32.3. The number of carbonyl (C=O) groups is 4. The molecule has 508 valence electrons. The SMILES string of the molecule is C.CC1CN(c2ccc(F)cn2)CCN1.CC1CN(c2ccc(F)cn2)CCN1C(=O)C1CC(Oc2cccc3ncsc23)C1.CCOC(=O)C1CC(C)C1.CCOC(=O)C1CC(O)C1.O=C(O)C1CC(Oc2cccc3ncsc23)C1.Oc1cccc2ncsc12.[2H]CC. The summed E-state index contributed by atoms with van der Waals surface area (Å²) >= 11 is 4.58. The Kier molecular flexibility index (Phi) is 27.8. The molecular formula is C69H89F2N9O11S3. The van der Waals surface area contributed by atoms with Gasteiger partial charge in [-0.05, 0) is 146 Å². The Morgan fingerprint density at radius 3 is 1.52 bits per heavy atom. The number of piperazine rings is 2. The van der Waals surface area contributed by atoms with E-state index in [0.717, 1.165) is 105 Å². The monoisotopic (exact) mass is 1350 g/mol. The summed E-state index contributed by atoms with van der Waals surface area (Å²) in [7, 11) is 0. The Balaban J connectivity index is 0.000000169. The highest BCUT2D eigenvalue weighted by Crippen LogP contribution is 2.39. The number of benzene rings is 3. The lowest BCUT2D eigenvalue weighted by Gasteiger charge is -2.44. The molecule has 0 radical (unpaired) electrons. The van der Waals surface area contributed by atoms with Crippen molar-refractivity contribution < 1.29 is 63.6 Å². The number of phenols is 1. The van der Waals surface area contributed by atoms with Crippen LogP contribution in [0.3, 0.4) is 0 Å². The highest BCUT2D eigenvalue weighted by Gasteiger charge is 2.41. The average Bonchev–Trinajstić information content (AvgIpc) is 1.65. The summed E-state index contributed by atoms with van der Waals surface area (Å²) in [5, 5.41) is 30.2. The zero-order valence-electron chi connectivity index (χ0n) is 54.4. The van der Waals surface area contributed by atoms with Crippen LogP contribution in [0.2, 0.25) is 0 Å². The smallest absolute Gasteiger partial charge is 0.309 e. The number of aliphatic hydroxyl groups is 1. The number of carboxylic acids is 1. The highest BCUT2D eigenvalue weighted by molar-refractivity contribution is 7.17. The minimum absolute atomic E-state index is 0. The molecule has 6 fully saturated rings. The predicted octanol–water partition coefficient (Wildman–Crippen LogP) is 12.9. The number of nitrogens with one attached hydrogen (secondary N) is 1. The zero-order chi connectivity index (χ0) is 67.3. The van der Waals surface area contributed by atoms with Gasteiger partial charge in [0.05, 0.1) is 96.6 Å². The van der Waals surface area contributed by atoms with E-state index in [4.69, 9.17) is 30.5 Å². The van der Waals surface area contributed by atoms with Crippen LogP contribution >= 0.6 is 34.0 Å². The topological polar surface area (TPSA) is 252 Å². The van der Waals surface area contributed by atoms with Crippen LogP contribution in [0.15, 0.2) is 108 Å². The summed E-state index contributed by atoms with van der Waals surface area (Å²) in [4.78, 5) is 72.6. The van der Waals surface area contributed by atoms with Gasteiger partial charge in [-0.2, -0.15) is 0 Å². The largest absolute Gasteiger partial charge is 0.506 e. The van der Waals surface area contributed by atoms with E-state index in [2.05, 4.69) is 60.8 Å². The van der Waals surface area contributed by atoms with Gasteiger partial charge in [0.1, 0.15) is 52.7 Å². The molecule has 7 heterocycles. The van der Waals surface area contributed by atoms with Gasteiger partial charge in [0.25, 0.3) is 0 Å². The fourth-order valence-electron chi connectivity index (χ4n) is 11.2. The van der Waals surface area contributed by atoms with Crippen molar-refractivity contribution in [2.75, 3.05) is 62.3 Å². The number of carbonyl (C=O) groups excluding carboxylic acids is 3. The summed E-state index contributed by atoms with van der Waals surface area (Å²) in [6.07, 6.45) is 8.26. The van der Waals surface area contributed by atoms with Gasteiger partial charge in [-0.15, -0.1) is 34.0 Å². The fraction of sp³-hybridized carbons (Fsp3) is 0.493. The van der Waals surface area contributed by atoms with Crippen LogP contribution in [-0.2, 0) is 28.7 Å². The minimum atomic E-state index is -0.721. The summed E-state index contributed by atoms with van der Waals surface area (Å²) in [5.41, 5.74) is 8.09. The van der Waals surface area contributed by atoms with Gasteiger partial charge in [0.2, 0.25) is 5.91 Å². The minimum Gasteiger partial charge on any atom is -0.506 e. The Hall–Kier alpha value is -7.71. The third-order valence-electron chi connectivity index (χ3n) is 16.5. The van der Waals surface area contributed by atoms with E-state index in [1.807, 2.05) is 59.8 Å². The van der Waals surface area contributed by atoms with Gasteiger partial charge < -0.3 is 54.3 Å². The molecule has 1 amide bonds. The number of rotatable bonds is 12. The van der Waals surface area contributed by atoms with Crippen molar-refractivity contribution in [1.29, 1.82) is 0 Å². The van der Waals surface area contributed by atoms with Gasteiger partial charge in [-0.25, -0.2) is 33.7 Å². The maximum atomic E-state index is 13.1. The Labute approximate surface area is 562 Å². The molecule has 25 heteroatoms. The second-order valence-corrected chi connectivity index (χ2v) is 26.0. The van der Waals surface area contributed by atoms with E-state index in [1.54, 1.807) is 71.8 Å². The van der Waals surface area contributed by atoms with Crippen molar-refractivity contribution in [3.63, 3.8) is 0 Å². The molecule has 2 aliphatic heterocycles. The average molecular weight is 1360 g/mol. The van der Waals surface area contributed by atoms with Gasteiger partial charge in [-0.1, -0.05) is 46.4 Å². The molecule has 8 aromatic rings. The van der Waals surface area contributed by atoms with Gasteiger partial charge >= 0.3 is 17.9 Å². The Morgan fingerprint density at radius 2 is 1.09 bits per heavy atom. The number of hydrogen-bond donors (Lipinski definition) is 4. The number of nitrogens with zero attached hydrogens (tertiary/aromatic N) is 8. The molecule has 5 aromatic heterocycles. The summed E-state index contributed by atoms with van der Waals surface area (Å²) in [6.45, 7) is 18.1. The molecule has 4 saturated carbocycles. The number of aliphatic carboxylic acids is 1. The van der Waals surface area contributed by atoms with Crippen LogP contribution < -0.4 is 24.6 Å². The van der Waals surface area contributed by atoms with Crippen LogP contribution in [0.1, 0.15) is 109 Å². The number of thiazole rings is 3. The van der Waals surface area contributed by atoms with Crippen LogP contribution in [0.4, 0.5) is 20.4 Å². The first-order chi connectivity index (χ1) is 45.3. The maximum absolute atomic E-state index is 13.1. The lowest BCUT2D eigenvalue weighted by Crippen LogP contribution is -2.57. The summed E-state index contributed by atoms with van der Waals surface area (Å²) in [5.74, 6) is 3.03. The zero-order valence-corrected chi connectivity index (χ0v) is 55.8. The number of ether oxygens (including phenoxy) is 4. The number of esters is 2. The second kappa shape index (κ2) is 36.3. The fourth-order valence-corrected chi connectivity index (χ4v) is 13.4. The normalized spacial score (nSPS) is 23.1. The Morgan fingerprint density at radius 1 is 0.617 bits per heavy atom. The molecule has 3 aromatic carbocycles. The van der Waals surface area contributed by atoms with Crippen LogP contribution in [-0.4, -0.2) is 152 Å². The molecule has 4 N–H and O–H groups in total. The van der Waals surface area contributed by atoms with Gasteiger partial charge in [0.15, 0.2) is 0 Å². The standard InChI is InChI=1S/C22H23FN4O2S.C12H11NO3S.C10H14FN3.C8H14O2.C7H5NOS.C7H12O3.C2H6.CH4/c1-14-12-26(20-6-5-16(23)11-24-20)7-8-27(14)22(28)15-9-17(10-15)29-19-4-2-3-18-21(19)30-13-25-18;14-12(15)7-4-8(5-7)16-10-3-1-2-9-11(10)17-6-13-9;1-8-7-14(5-4-12-8)10-3-2-9(11)6-13-10;1-3-10-8(9)7-4-6(2)5-7;9-6-3-1-2-5-7(6)10-4-8-5;1-2-10-7(9)5-3-6(8)4-5;1-2;/h2-6,11,13-15,17H,7-10,12H2,1H3;1-3,6-8H,4-5H2,(H,14,15);2-3,6,8,12H,4-5,7H2,1H3;6-7H,3-5H2,1-2H3;1-4,9H;5-6,8H,2-4H2,1H3;1-2H3;1H4/i;;;;;;1D;. The Bertz CT molecular complexity index is 3630. The molecule has 2 unspecified atom stereocenters. The number of aliphatic hydroxyl groups excluding tert-OH is 1. The second-order valence-electron chi connectivity index (χ2n) is 23.4. The van der Waals surface area contributed by atoms with Crippen LogP contribution in [0.25, 0.3) is 30.6 Å². The van der Waals surface area contributed by atoms with Crippen molar-refractivity contribution in [1.82, 2.24) is 35.1 Å². The third kappa shape index (κ3) is 20.4. The van der Waals surface area contributed by atoms with Crippen molar-refractivity contribution in [3.8, 4) is 17.2 Å². The number of halogens is 2. The summed E-state index contributed by atoms with van der Waals surface area (Å²) in [6, 6.07) is 23.9. The predicted molar refractivity (Wildman–Crippen MR) is 366 cm³/mol. The lowest BCUT2D eigenvalue weighted by molar-refractivity contribution is -0.155. The number of aromatic hydroxyl groups is 1. The number of hydrogen-bond acceptors (Lipinski definition) is 21. The molecule has 14 rings (SSSR count). The molecule has 0 bridgehead atoms. The van der Waals surface area contributed by atoms with Gasteiger partial charge in [0, 0.05) is 58.6 Å². The maximum Gasteiger partial charge on any atom is 0.309 e. The van der Waals surface area contributed by atoms with Crippen molar-refractivity contribution in [2.45, 2.75) is 138 Å². The van der Waals surface area contributed by atoms with E-state index in [0.29, 0.717) is 77.2 Å². The van der Waals surface area contributed by atoms with E-state index in [1.165, 1.54) is 35.9 Å². The number of amides is 1. The third-order valence-corrected chi connectivity index (χ3v) is 19.1. The molecule has 4 aliphatic carbocycles. The first kappa shape index (κ1) is 72.1. The van der Waals surface area contributed by atoms with Crippen molar-refractivity contribution in [3.05, 3.63) is 119 Å². The van der Waals surface area contributed by atoms with E-state index in [9.17, 15) is 33.1 Å². The van der Waals surface area contributed by atoms with E-state index >= 15 is 0 Å². The van der Waals surface area contributed by atoms with E-state index in [-0.39, 0.29) is 84.9 Å². The van der Waals surface area contributed by atoms with Crippen LogP contribution in [0.5, 0.6) is 17.2 Å². The molecule has 0 spiro atoms. The number of aromatic nitrogens is 5. The molecule has 2 saturated heterocycles.